The van der Waals surface area contributed by atoms with Gasteiger partial charge < -0.3 is 15.1 Å². The molecule has 2 aromatic carbocycles. The first-order valence-corrected chi connectivity index (χ1v) is 12.5. The van der Waals surface area contributed by atoms with Crippen LogP contribution in [0.4, 0.5) is 15.8 Å². The van der Waals surface area contributed by atoms with Crippen LogP contribution in [0, 0.1) is 5.82 Å². The number of nitrogens with one attached hydrogen (secondary N) is 1. The molecule has 0 bridgehead atoms. The lowest BCUT2D eigenvalue weighted by atomic mass is 10.2. The minimum Gasteiger partial charge on any atom is -0.367 e. The summed E-state index contributed by atoms with van der Waals surface area (Å²) >= 11 is 0. The lowest BCUT2D eigenvalue weighted by molar-refractivity contribution is -0.111. The number of piperazine rings is 1. The molecule has 7 nitrogen and oxygen atoms in total. The summed E-state index contributed by atoms with van der Waals surface area (Å²) in [4.78, 5) is 17.1. The van der Waals surface area contributed by atoms with E-state index in [-0.39, 0.29) is 4.90 Å². The number of halogens is 1. The SMILES string of the molecule is CCN(CC)S(=O)(=O)c1ccc(N2CCN(C)CC2)c(NC(=O)/C=C/c2ccccc2F)c1. The second kappa shape index (κ2) is 10.9. The topological polar surface area (TPSA) is 73.0 Å². The maximum atomic E-state index is 13.9. The molecule has 1 N–H and O–H groups in total. The van der Waals surface area contributed by atoms with Gasteiger partial charge in [-0.15, -0.1) is 0 Å². The van der Waals surface area contributed by atoms with Gasteiger partial charge in [-0.2, -0.15) is 4.31 Å². The Labute approximate surface area is 195 Å². The normalized spacial score (nSPS) is 15.4. The zero-order valence-electron chi connectivity index (χ0n) is 19.3. The van der Waals surface area contributed by atoms with Crippen molar-refractivity contribution in [3.8, 4) is 0 Å². The number of benzene rings is 2. The molecule has 0 aromatic heterocycles. The summed E-state index contributed by atoms with van der Waals surface area (Å²) in [6.07, 6.45) is 2.65. The molecule has 9 heteroatoms. The van der Waals surface area contributed by atoms with Gasteiger partial charge >= 0.3 is 0 Å². The van der Waals surface area contributed by atoms with E-state index >= 15 is 0 Å². The third kappa shape index (κ3) is 5.98. The zero-order chi connectivity index (χ0) is 24.0. The standard InChI is InChI=1S/C24H31FN4O3S/c1-4-29(5-2)33(31,32)20-11-12-23(28-16-14-27(3)15-17-28)22(18-20)26-24(30)13-10-19-8-6-7-9-21(19)25/h6-13,18H,4-5,14-17H2,1-3H3,(H,26,30)/b13-10+. The first-order chi connectivity index (χ1) is 15.8. The van der Waals surface area contributed by atoms with Gasteiger partial charge in [-0.05, 0) is 37.4 Å². The Bertz CT molecular complexity index is 1110. The summed E-state index contributed by atoms with van der Waals surface area (Å²) in [7, 11) is -1.64. The Kier molecular flexibility index (Phi) is 8.23. The molecule has 1 aliphatic heterocycles. The van der Waals surface area contributed by atoms with E-state index in [1.165, 1.54) is 28.6 Å². The molecule has 0 aliphatic carbocycles. The van der Waals surface area contributed by atoms with Crippen LogP contribution in [0.25, 0.3) is 6.08 Å². The van der Waals surface area contributed by atoms with Crippen LogP contribution in [0.1, 0.15) is 19.4 Å². The van der Waals surface area contributed by atoms with Gasteiger partial charge in [-0.25, -0.2) is 12.8 Å². The number of hydrogen-bond donors (Lipinski definition) is 1. The van der Waals surface area contributed by atoms with E-state index in [1.54, 1.807) is 44.2 Å². The van der Waals surface area contributed by atoms with Crippen LogP contribution < -0.4 is 10.2 Å². The van der Waals surface area contributed by atoms with E-state index in [0.29, 0.717) is 24.3 Å². The van der Waals surface area contributed by atoms with E-state index in [9.17, 15) is 17.6 Å². The van der Waals surface area contributed by atoms with E-state index in [4.69, 9.17) is 0 Å². The van der Waals surface area contributed by atoms with E-state index in [2.05, 4.69) is 15.1 Å². The van der Waals surface area contributed by atoms with Crippen molar-refractivity contribution in [1.29, 1.82) is 0 Å². The van der Waals surface area contributed by atoms with E-state index < -0.39 is 21.7 Å². The molecule has 0 saturated carbocycles. The summed E-state index contributed by atoms with van der Waals surface area (Å²) in [5.41, 5.74) is 1.47. The van der Waals surface area contributed by atoms with Crippen LogP contribution in [0.2, 0.25) is 0 Å². The second-order valence-corrected chi connectivity index (χ2v) is 9.84. The fraction of sp³-hybridized carbons (Fsp3) is 0.375. The molecule has 1 amide bonds. The quantitative estimate of drug-likeness (QED) is 0.595. The maximum Gasteiger partial charge on any atom is 0.248 e. The fourth-order valence-corrected chi connectivity index (χ4v) is 5.25. The number of amides is 1. The zero-order valence-corrected chi connectivity index (χ0v) is 20.1. The molecule has 3 rings (SSSR count). The van der Waals surface area contributed by atoms with Crippen molar-refractivity contribution in [3.05, 3.63) is 59.9 Å². The number of rotatable bonds is 8. The maximum absolute atomic E-state index is 13.9. The molecular weight excluding hydrogens is 443 g/mol. The number of sulfonamides is 1. The predicted octanol–water partition coefficient (Wildman–Crippen LogP) is 3.26. The van der Waals surface area contributed by atoms with Crippen molar-refractivity contribution in [2.45, 2.75) is 18.7 Å². The fourth-order valence-electron chi connectivity index (χ4n) is 3.76. The van der Waals surface area contributed by atoms with Gasteiger partial charge in [0, 0.05) is 50.9 Å². The molecule has 1 heterocycles. The highest BCUT2D eigenvalue weighted by Gasteiger charge is 2.25. The molecule has 2 aromatic rings. The number of likely N-dealkylation sites (N-methyl/N-ethyl adjacent to an activating group) is 1. The van der Waals surface area contributed by atoms with Crippen molar-refractivity contribution in [1.82, 2.24) is 9.21 Å². The summed E-state index contributed by atoms with van der Waals surface area (Å²) in [5, 5.41) is 2.81. The van der Waals surface area contributed by atoms with Crippen molar-refractivity contribution in [2.24, 2.45) is 0 Å². The van der Waals surface area contributed by atoms with Crippen molar-refractivity contribution < 1.29 is 17.6 Å². The van der Waals surface area contributed by atoms with Crippen LogP contribution in [0.15, 0.2) is 53.4 Å². The third-order valence-electron chi connectivity index (χ3n) is 5.73. The summed E-state index contributed by atoms with van der Waals surface area (Å²) in [5.74, 6) is -0.891. The molecule has 1 aliphatic rings. The van der Waals surface area contributed by atoms with Gasteiger partial charge in [0.15, 0.2) is 0 Å². The van der Waals surface area contributed by atoms with E-state index in [0.717, 1.165) is 31.9 Å². The Morgan fingerprint density at radius 3 is 2.39 bits per heavy atom. The highest BCUT2D eigenvalue weighted by molar-refractivity contribution is 7.89. The van der Waals surface area contributed by atoms with Gasteiger partial charge in [0.25, 0.3) is 0 Å². The number of carbonyl (C=O) groups excluding carboxylic acids is 1. The van der Waals surface area contributed by atoms with Crippen molar-refractivity contribution >= 4 is 33.4 Å². The van der Waals surface area contributed by atoms with Crippen molar-refractivity contribution in [2.75, 3.05) is 56.5 Å². The molecule has 1 fully saturated rings. The minimum absolute atomic E-state index is 0.123. The average molecular weight is 475 g/mol. The van der Waals surface area contributed by atoms with Gasteiger partial charge in [-0.3, -0.25) is 4.79 Å². The average Bonchev–Trinajstić information content (AvgIpc) is 2.80. The molecule has 0 unspecified atom stereocenters. The summed E-state index contributed by atoms with van der Waals surface area (Å²) in [6, 6.07) is 11.0. The Morgan fingerprint density at radius 1 is 1.09 bits per heavy atom. The lowest BCUT2D eigenvalue weighted by Crippen LogP contribution is -2.44. The number of anilines is 2. The number of carbonyl (C=O) groups is 1. The molecule has 0 atom stereocenters. The van der Waals surface area contributed by atoms with Gasteiger partial charge in [-0.1, -0.05) is 32.0 Å². The Morgan fingerprint density at radius 2 is 1.76 bits per heavy atom. The van der Waals surface area contributed by atoms with Gasteiger partial charge in [0.2, 0.25) is 15.9 Å². The highest BCUT2D eigenvalue weighted by atomic mass is 32.2. The lowest BCUT2D eigenvalue weighted by Gasteiger charge is -2.35. The van der Waals surface area contributed by atoms with E-state index in [1.807, 2.05) is 7.05 Å². The first kappa shape index (κ1) is 24.9. The predicted molar refractivity (Wildman–Crippen MR) is 130 cm³/mol. The molecule has 1 saturated heterocycles. The number of hydrogen-bond acceptors (Lipinski definition) is 5. The van der Waals surface area contributed by atoms with Crippen LogP contribution >= 0.6 is 0 Å². The van der Waals surface area contributed by atoms with Crippen LogP contribution in [0.5, 0.6) is 0 Å². The summed E-state index contributed by atoms with van der Waals surface area (Å²) in [6.45, 7) is 7.52. The monoisotopic (exact) mass is 474 g/mol. The molecule has 0 spiro atoms. The molecule has 0 radical (unpaired) electrons. The minimum atomic E-state index is -3.69. The smallest absolute Gasteiger partial charge is 0.248 e. The molecule has 178 valence electrons. The van der Waals surface area contributed by atoms with Gasteiger partial charge in [0.05, 0.1) is 16.3 Å². The highest BCUT2D eigenvalue weighted by Crippen LogP contribution is 2.31. The molecular formula is C24H31FN4O3S. The second-order valence-electron chi connectivity index (χ2n) is 7.90. The Balaban J connectivity index is 1.93. The summed E-state index contributed by atoms with van der Waals surface area (Å²) < 4.78 is 41.3. The first-order valence-electron chi connectivity index (χ1n) is 11.1. The van der Waals surface area contributed by atoms with Crippen LogP contribution in [-0.2, 0) is 14.8 Å². The number of nitrogens with zero attached hydrogens (tertiary/aromatic N) is 3. The van der Waals surface area contributed by atoms with Crippen molar-refractivity contribution in [3.63, 3.8) is 0 Å². The third-order valence-corrected chi connectivity index (χ3v) is 7.78. The largest absolute Gasteiger partial charge is 0.367 e. The van der Waals surface area contributed by atoms with Crippen LogP contribution in [0.3, 0.4) is 0 Å². The van der Waals surface area contributed by atoms with Gasteiger partial charge in [0.1, 0.15) is 5.82 Å². The van der Waals surface area contributed by atoms with Crippen LogP contribution in [-0.4, -0.2) is 69.8 Å². The Hall–Kier alpha value is -2.75. The molecule has 33 heavy (non-hydrogen) atoms.